The molecule has 0 bridgehead atoms. The highest BCUT2D eigenvalue weighted by Crippen LogP contribution is 2.16. The minimum absolute atomic E-state index is 0.140. The third kappa shape index (κ3) is 0.997. The second-order valence-electron chi connectivity index (χ2n) is 1.29. The van der Waals surface area contributed by atoms with Crippen LogP contribution in [0.4, 0.5) is 0 Å². The maximum Gasteiger partial charge on any atom is 0.205 e. The molecule has 42 valence electrons. The van der Waals surface area contributed by atoms with Crippen LogP contribution in [0.3, 0.4) is 0 Å². The highest BCUT2D eigenvalue weighted by Gasteiger charge is 2.08. The Labute approximate surface area is 55.0 Å². The summed E-state index contributed by atoms with van der Waals surface area (Å²) in [7, 11) is 0. The fourth-order valence-electron chi connectivity index (χ4n) is 0.421. The van der Waals surface area contributed by atoms with E-state index in [1.807, 2.05) is 0 Å². The van der Waals surface area contributed by atoms with Gasteiger partial charge in [0.15, 0.2) is 11.0 Å². The van der Waals surface area contributed by atoms with Crippen molar-refractivity contribution in [1.82, 2.24) is 0 Å². The molecule has 0 spiro atoms. The van der Waals surface area contributed by atoms with Gasteiger partial charge in [0.2, 0.25) is 5.76 Å². The molecule has 1 aliphatic heterocycles. The van der Waals surface area contributed by atoms with Crippen LogP contribution in [0.5, 0.6) is 0 Å². The molecule has 8 heavy (non-hydrogen) atoms. The molecular formula is C5H3BrO2. The van der Waals surface area contributed by atoms with Gasteiger partial charge in [0.25, 0.3) is 0 Å². The minimum Gasteiger partial charge on any atom is -0.464 e. The average molecular weight is 175 g/mol. The number of ether oxygens (including phenoxy) is 1. The van der Waals surface area contributed by atoms with E-state index in [0.717, 1.165) is 0 Å². The first-order chi connectivity index (χ1) is 3.83. The summed E-state index contributed by atoms with van der Waals surface area (Å²) in [4.78, 5) is 9.79. The number of allylic oxidation sites excluding steroid dienone is 1. The van der Waals surface area contributed by atoms with Gasteiger partial charge < -0.3 is 4.74 Å². The van der Waals surface area contributed by atoms with Crippen molar-refractivity contribution >= 4 is 21.9 Å². The molecule has 1 aliphatic rings. The van der Waals surface area contributed by atoms with Crippen molar-refractivity contribution in [3.05, 3.63) is 17.9 Å². The second kappa shape index (κ2) is 2.16. The molecule has 0 aliphatic carbocycles. The van der Waals surface area contributed by atoms with Crippen molar-refractivity contribution in [2.24, 2.45) is 0 Å². The molecule has 1 atom stereocenters. The van der Waals surface area contributed by atoms with E-state index in [1.165, 1.54) is 0 Å². The molecule has 2 nitrogen and oxygen atoms in total. The van der Waals surface area contributed by atoms with Crippen molar-refractivity contribution in [2.45, 2.75) is 5.01 Å². The van der Waals surface area contributed by atoms with Crippen molar-refractivity contribution < 1.29 is 9.53 Å². The van der Waals surface area contributed by atoms with Crippen LogP contribution in [0.2, 0.25) is 0 Å². The lowest BCUT2D eigenvalue weighted by molar-refractivity contribution is 0.260. The molecule has 0 aromatic heterocycles. The van der Waals surface area contributed by atoms with Gasteiger partial charge in [0.05, 0.1) is 0 Å². The molecule has 1 heterocycles. The fourth-order valence-corrected chi connectivity index (χ4v) is 0.775. The Morgan fingerprint density at radius 2 is 2.62 bits per heavy atom. The lowest BCUT2D eigenvalue weighted by atomic mass is 10.5. The Bertz CT molecular complexity index is 167. The number of halogens is 1. The van der Waals surface area contributed by atoms with E-state index < -0.39 is 0 Å². The van der Waals surface area contributed by atoms with E-state index in [-0.39, 0.29) is 10.8 Å². The zero-order valence-electron chi connectivity index (χ0n) is 3.93. The van der Waals surface area contributed by atoms with E-state index in [2.05, 4.69) is 15.9 Å². The number of hydrogen-bond donors (Lipinski definition) is 0. The molecule has 3 heteroatoms. The summed E-state index contributed by atoms with van der Waals surface area (Å²) in [5.74, 6) is 1.88. The van der Waals surface area contributed by atoms with Gasteiger partial charge in [-0.25, -0.2) is 4.79 Å². The topological polar surface area (TPSA) is 26.3 Å². The predicted molar refractivity (Wildman–Crippen MR) is 32.1 cm³/mol. The first-order valence-electron chi connectivity index (χ1n) is 2.07. The summed E-state index contributed by atoms with van der Waals surface area (Å²) < 4.78 is 4.81. The highest BCUT2D eigenvalue weighted by atomic mass is 79.9. The second-order valence-corrected chi connectivity index (χ2v) is 2.20. The smallest absolute Gasteiger partial charge is 0.205 e. The molecule has 0 aromatic carbocycles. The molecule has 0 saturated heterocycles. The normalized spacial score (nSPS) is 25.1. The summed E-state index contributed by atoms with van der Waals surface area (Å²) >= 11 is 3.11. The quantitative estimate of drug-likeness (QED) is 0.405. The van der Waals surface area contributed by atoms with Crippen molar-refractivity contribution in [2.75, 3.05) is 0 Å². The summed E-state index contributed by atoms with van der Waals surface area (Å²) in [6.07, 6.45) is 3.30. The zero-order chi connectivity index (χ0) is 5.98. The number of alkyl halides is 1. The van der Waals surface area contributed by atoms with Gasteiger partial charge in [0, 0.05) is 0 Å². The minimum atomic E-state index is -0.140. The fraction of sp³-hybridized carbons (Fsp3) is 0.200. The Morgan fingerprint density at radius 1 is 1.88 bits per heavy atom. The summed E-state index contributed by atoms with van der Waals surface area (Å²) in [5, 5.41) is -0.140. The van der Waals surface area contributed by atoms with E-state index >= 15 is 0 Å². The zero-order valence-corrected chi connectivity index (χ0v) is 5.51. The first-order valence-corrected chi connectivity index (χ1v) is 2.98. The van der Waals surface area contributed by atoms with Crippen LogP contribution < -0.4 is 0 Å². The van der Waals surface area contributed by atoms with Crippen LogP contribution in [0.1, 0.15) is 0 Å². The highest BCUT2D eigenvalue weighted by molar-refractivity contribution is 9.09. The third-order valence-corrected chi connectivity index (χ3v) is 1.23. The summed E-state index contributed by atoms with van der Waals surface area (Å²) in [5.41, 5.74) is 0. The van der Waals surface area contributed by atoms with E-state index in [4.69, 9.17) is 4.74 Å². The molecule has 0 amide bonds. The van der Waals surface area contributed by atoms with Gasteiger partial charge in [-0.1, -0.05) is 0 Å². The van der Waals surface area contributed by atoms with Gasteiger partial charge in [0.1, 0.15) is 0 Å². The van der Waals surface area contributed by atoms with Gasteiger partial charge in [-0.3, -0.25) is 0 Å². The molecule has 0 fully saturated rings. The molecule has 0 saturated carbocycles. The van der Waals surface area contributed by atoms with Crippen molar-refractivity contribution in [3.8, 4) is 0 Å². The number of rotatable bonds is 0. The average Bonchev–Trinajstić information content (AvgIpc) is 2.14. The van der Waals surface area contributed by atoms with Crippen LogP contribution in [0, 0.1) is 0 Å². The van der Waals surface area contributed by atoms with Gasteiger partial charge >= 0.3 is 0 Å². The molecule has 0 N–H and O–H groups in total. The third-order valence-electron chi connectivity index (χ3n) is 0.739. The molecular weight excluding hydrogens is 172 g/mol. The monoisotopic (exact) mass is 174 g/mol. The SMILES string of the molecule is O=C=C1C=CC(Br)O1. The predicted octanol–water partition coefficient (Wildman–Crippen LogP) is 1.01. The van der Waals surface area contributed by atoms with Crippen molar-refractivity contribution in [1.29, 1.82) is 0 Å². The van der Waals surface area contributed by atoms with Gasteiger partial charge in [-0.15, -0.1) is 0 Å². The Morgan fingerprint density at radius 3 is 2.88 bits per heavy atom. The Kier molecular flexibility index (Phi) is 1.51. The lowest BCUT2D eigenvalue weighted by Gasteiger charge is -1.95. The van der Waals surface area contributed by atoms with Crippen molar-refractivity contribution in [3.63, 3.8) is 0 Å². The van der Waals surface area contributed by atoms with Gasteiger partial charge in [-0.2, -0.15) is 0 Å². The first kappa shape index (κ1) is 5.60. The molecule has 0 radical (unpaired) electrons. The lowest BCUT2D eigenvalue weighted by Crippen LogP contribution is -1.89. The number of carbonyl (C=O) groups excluding carboxylic acids is 1. The van der Waals surface area contributed by atoms with Crippen LogP contribution in [0.15, 0.2) is 17.9 Å². The number of hydrogen-bond acceptors (Lipinski definition) is 2. The Hall–Kier alpha value is -0.530. The van der Waals surface area contributed by atoms with Crippen LogP contribution >= 0.6 is 15.9 Å². The van der Waals surface area contributed by atoms with Crippen LogP contribution in [-0.2, 0) is 9.53 Å². The maximum absolute atomic E-state index is 9.79. The summed E-state index contributed by atoms with van der Waals surface area (Å²) in [6, 6.07) is 0. The standard InChI is InChI=1S/C5H3BrO2/c6-5-2-1-4(3-7)8-5/h1-2,5H. The molecule has 1 rings (SSSR count). The van der Waals surface area contributed by atoms with E-state index in [9.17, 15) is 4.79 Å². The van der Waals surface area contributed by atoms with Gasteiger partial charge in [-0.05, 0) is 28.1 Å². The van der Waals surface area contributed by atoms with Crippen LogP contribution in [-0.4, -0.2) is 11.0 Å². The summed E-state index contributed by atoms with van der Waals surface area (Å²) in [6.45, 7) is 0. The Balaban J connectivity index is 2.73. The van der Waals surface area contributed by atoms with E-state index in [1.54, 1.807) is 18.1 Å². The largest absolute Gasteiger partial charge is 0.464 e. The van der Waals surface area contributed by atoms with Crippen LogP contribution in [0.25, 0.3) is 0 Å². The molecule has 0 aromatic rings. The molecule has 1 unspecified atom stereocenters. The maximum atomic E-state index is 9.79. The van der Waals surface area contributed by atoms with E-state index in [0.29, 0.717) is 0 Å².